The van der Waals surface area contributed by atoms with Gasteiger partial charge in [0.2, 0.25) is 0 Å². The highest BCUT2D eigenvalue weighted by Crippen LogP contribution is 2.50. The highest BCUT2D eigenvalue weighted by atomic mass is 35.5. The zero-order valence-electron chi connectivity index (χ0n) is 11.6. The summed E-state index contributed by atoms with van der Waals surface area (Å²) in [6, 6.07) is 5.54. The highest BCUT2D eigenvalue weighted by molar-refractivity contribution is 6.30. The molecular weight excluding hydrogens is 260 g/mol. The van der Waals surface area contributed by atoms with Crippen LogP contribution in [0.25, 0.3) is 0 Å². The average Bonchev–Trinajstić information content (AvgIpc) is 2.35. The predicted molar refractivity (Wildman–Crippen MR) is 76.6 cm³/mol. The fraction of sp³-hybridized carbons (Fsp3) is 0.625. The van der Waals surface area contributed by atoms with Gasteiger partial charge in [-0.05, 0) is 49.3 Å². The van der Waals surface area contributed by atoms with Crippen LogP contribution in [-0.4, -0.2) is 10.7 Å². The first-order chi connectivity index (χ1) is 8.89. The molecule has 3 rings (SSSR count). The first-order valence-electron chi connectivity index (χ1n) is 7.06. The van der Waals surface area contributed by atoms with Crippen LogP contribution in [0.1, 0.15) is 57.6 Å². The highest BCUT2D eigenvalue weighted by Gasteiger charge is 2.44. The normalized spacial score (nSPS) is 27.7. The third kappa shape index (κ3) is 2.48. The standard InChI is InChI=1S/C16H21ClO2/c1-15(2)5-7-16(8-6-15)10-13(18)12-9-11(17)3-4-14(12)19-16/h3-4,9,13,18H,5-8,10H2,1-2H3/t13-/m0/s1. The molecule has 0 unspecified atom stereocenters. The maximum absolute atomic E-state index is 10.4. The fourth-order valence-electron chi connectivity index (χ4n) is 3.30. The Labute approximate surface area is 119 Å². The number of aliphatic hydroxyl groups is 1. The Balaban J connectivity index is 1.87. The zero-order valence-corrected chi connectivity index (χ0v) is 12.3. The molecule has 1 aliphatic heterocycles. The second kappa shape index (κ2) is 4.39. The Morgan fingerprint density at radius 2 is 1.89 bits per heavy atom. The van der Waals surface area contributed by atoms with Crippen molar-refractivity contribution in [3.63, 3.8) is 0 Å². The van der Waals surface area contributed by atoms with E-state index in [0.29, 0.717) is 16.9 Å². The number of rotatable bonds is 0. The molecule has 0 bridgehead atoms. The molecule has 1 aromatic carbocycles. The van der Waals surface area contributed by atoms with Gasteiger partial charge in [0.05, 0.1) is 6.10 Å². The van der Waals surface area contributed by atoms with E-state index < -0.39 is 6.10 Å². The number of hydrogen-bond acceptors (Lipinski definition) is 2. The molecule has 0 amide bonds. The minimum Gasteiger partial charge on any atom is -0.487 e. The SMILES string of the molecule is CC1(C)CCC2(CC1)C[C@H](O)c1cc(Cl)ccc1O2. The van der Waals surface area contributed by atoms with Crippen molar-refractivity contribution in [3.8, 4) is 5.75 Å². The molecule has 1 N–H and O–H groups in total. The summed E-state index contributed by atoms with van der Waals surface area (Å²) in [5.41, 5.74) is 1.07. The molecule has 19 heavy (non-hydrogen) atoms. The molecule has 0 saturated heterocycles. The molecular formula is C16H21ClO2. The van der Waals surface area contributed by atoms with E-state index in [1.54, 1.807) is 0 Å². The Morgan fingerprint density at radius 3 is 2.58 bits per heavy atom. The van der Waals surface area contributed by atoms with Crippen molar-refractivity contribution >= 4 is 11.6 Å². The summed E-state index contributed by atoms with van der Waals surface area (Å²) >= 11 is 5.99. The van der Waals surface area contributed by atoms with Gasteiger partial charge in [-0.1, -0.05) is 25.4 Å². The molecule has 1 atom stereocenters. The number of ether oxygens (including phenoxy) is 1. The molecule has 104 valence electrons. The summed E-state index contributed by atoms with van der Waals surface area (Å²) in [4.78, 5) is 0. The number of hydrogen-bond donors (Lipinski definition) is 1. The molecule has 0 radical (unpaired) electrons. The lowest BCUT2D eigenvalue weighted by atomic mass is 9.68. The molecule has 3 heteroatoms. The van der Waals surface area contributed by atoms with Crippen LogP contribution in [0.2, 0.25) is 5.02 Å². The molecule has 1 aromatic rings. The molecule has 1 heterocycles. The molecule has 2 aliphatic rings. The number of aliphatic hydroxyl groups excluding tert-OH is 1. The van der Waals surface area contributed by atoms with E-state index in [4.69, 9.17) is 16.3 Å². The van der Waals surface area contributed by atoms with Crippen LogP contribution in [0.3, 0.4) is 0 Å². The van der Waals surface area contributed by atoms with E-state index in [0.717, 1.165) is 37.0 Å². The van der Waals surface area contributed by atoms with Gasteiger partial charge in [0.25, 0.3) is 0 Å². The minimum atomic E-state index is -0.455. The summed E-state index contributed by atoms with van der Waals surface area (Å²) in [6.45, 7) is 4.62. The lowest BCUT2D eigenvalue weighted by molar-refractivity contribution is -0.0575. The molecule has 1 saturated carbocycles. The van der Waals surface area contributed by atoms with Crippen LogP contribution in [0.15, 0.2) is 18.2 Å². The fourth-order valence-corrected chi connectivity index (χ4v) is 3.48. The van der Waals surface area contributed by atoms with Crippen molar-refractivity contribution in [2.45, 2.75) is 57.7 Å². The van der Waals surface area contributed by atoms with Gasteiger partial charge in [-0.15, -0.1) is 0 Å². The zero-order chi connectivity index (χ0) is 13.7. The van der Waals surface area contributed by atoms with Gasteiger partial charge in [-0.25, -0.2) is 0 Å². The summed E-state index contributed by atoms with van der Waals surface area (Å²) in [5.74, 6) is 0.808. The van der Waals surface area contributed by atoms with Crippen molar-refractivity contribution in [3.05, 3.63) is 28.8 Å². The molecule has 0 aromatic heterocycles. The quantitative estimate of drug-likeness (QED) is 0.758. The van der Waals surface area contributed by atoms with E-state index in [-0.39, 0.29) is 5.60 Å². The smallest absolute Gasteiger partial charge is 0.126 e. The predicted octanol–water partition coefficient (Wildman–Crippen LogP) is 4.49. The lowest BCUT2D eigenvalue weighted by Gasteiger charge is -2.47. The Bertz CT molecular complexity index is 486. The van der Waals surface area contributed by atoms with Crippen LogP contribution < -0.4 is 4.74 Å². The van der Waals surface area contributed by atoms with Gasteiger partial charge in [-0.2, -0.15) is 0 Å². The molecule has 1 aliphatic carbocycles. The van der Waals surface area contributed by atoms with E-state index in [1.807, 2.05) is 18.2 Å². The first-order valence-corrected chi connectivity index (χ1v) is 7.44. The van der Waals surface area contributed by atoms with Crippen molar-refractivity contribution in [1.29, 1.82) is 0 Å². The van der Waals surface area contributed by atoms with Crippen molar-refractivity contribution in [2.75, 3.05) is 0 Å². The maximum Gasteiger partial charge on any atom is 0.126 e. The topological polar surface area (TPSA) is 29.5 Å². The lowest BCUT2D eigenvalue weighted by Crippen LogP contribution is -2.45. The van der Waals surface area contributed by atoms with Gasteiger partial charge in [-0.3, -0.25) is 0 Å². The second-order valence-corrected chi connectivity index (χ2v) is 7.29. The minimum absolute atomic E-state index is 0.171. The van der Waals surface area contributed by atoms with Gasteiger partial charge < -0.3 is 9.84 Å². The van der Waals surface area contributed by atoms with Crippen LogP contribution in [0.5, 0.6) is 5.75 Å². The molecule has 2 nitrogen and oxygen atoms in total. The van der Waals surface area contributed by atoms with E-state index >= 15 is 0 Å². The van der Waals surface area contributed by atoms with Crippen molar-refractivity contribution < 1.29 is 9.84 Å². The average molecular weight is 281 g/mol. The number of halogens is 1. The third-order valence-electron chi connectivity index (χ3n) is 4.74. The first kappa shape index (κ1) is 13.3. The summed E-state index contributed by atoms with van der Waals surface area (Å²) in [7, 11) is 0. The summed E-state index contributed by atoms with van der Waals surface area (Å²) < 4.78 is 6.26. The maximum atomic E-state index is 10.4. The van der Waals surface area contributed by atoms with Gasteiger partial charge >= 0.3 is 0 Å². The van der Waals surface area contributed by atoms with E-state index in [1.165, 1.54) is 0 Å². The van der Waals surface area contributed by atoms with Crippen molar-refractivity contribution in [1.82, 2.24) is 0 Å². The van der Waals surface area contributed by atoms with Crippen molar-refractivity contribution in [2.24, 2.45) is 5.41 Å². The Hall–Kier alpha value is -0.730. The number of fused-ring (bicyclic) bond motifs is 1. The van der Waals surface area contributed by atoms with Crippen LogP contribution in [0, 0.1) is 5.41 Å². The van der Waals surface area contributed by atoms with Crippen LogP contribution >= 0.6 is 11.6 Å². The molecule has 1 spiro atoms. The van der Waals surface area contributed by atoms with Gasteiger partial charge in [0, 0.05) is 17.0 Å². The monoisotopic (exact) mass is 280 g/mol. The number of benzene rings is 1. The van der Waals surface area contributed by atoms with Gasteiger partial charge in [0.1, 0.15) is 11.4 Å². The van der Waals surface area contributed by atoms with Crippen LogP contribution in [-0.2, 0) is 0 Å². The Kier molecular flexibility index (Phi) is 3.06. The third-order valence-corrected chi connectivity index (χ3v) is 4.97. The van der Waals surface area contributed by atoms with Gasteiger partial charge in [0.15, 0.2) is 0 Å². The summed E-state index contributed by atoms with van der Waals surface area (Å²) in [5, 5.41) is 11.0. The van der Waals surface area contributed by atoms with Crippen LogP contribution in [0.4, 0.5) is 0 Å². The summed E-state index contributed by atoms with van der Waals surface area (Å²) in [6.07, 6.45) is 4.60. The van der Waals surface area contributed by atoms with E-state index in [2.05, 4.69) is 13.8 Å². The molecule has 1 fully saturated rings. The Morgan fingerprint density at radius 1 is 1.21 bits per heavy atom. The largest absolute Gasteiger partial charge is 0.487 e. The van der Waals surface area contributed by atoms with E-state index in [9.17, 15) is 5.11 Å². The second-order valence-electron chi connectivity index (χ2n) is 6.85.